The highest BCUT2D eigenvalue weighted by Gasteiger charge is 2.05. The van der Waals surface area contributed by atoms with E-state index in [0.29, 0.717) is 5.82 Å². The number of benzene rings is 1. The average Bonchev–Trinajstić information content (AvgIpc) is 2.29. The zero-order valence-corrected chi connectivity index (χ0v) is 9.08. The van der Waals surface area contributed by atoms with Crippen molar-refractivity contribution in [2.45, 2.75) is 6.92 Å². The van der Waals surface area contributed by atoms with E-state index in [4.69, 9.17) is 5.21 Å². The molecule has 86 valence electrons. The minimum Gasteiger partial charge on any atom is -0.411 e. The van der Waals surface area contributed by atoms with Gasteiger partial charge in [0.15, 0.2) is 5.82 Å². The Labute approximate surface area is 97.0 Å². The van der Waals surface area contributed by atoms with Gasteiger partial charge in [0, 0.05) is 17.7 Å². The molecule has 1 aromatic heterocycles. The van der Waals surface area contributed by atoms with Crippen molar-refractivity contribution in [3.8, 4) is 0 Å². The molecule has 1 amide bonds. The van der Waals surface area contributed by atoms with E-state index in [2.05, 4.69) is 20.7 Å². The molecule has 0 spiro atoms. The lowest BCUT2D eigenvalue weighted by atomic mass is 10.1. The average molecular weight is 230 g/mol. The monoisotopic (exact) mass is 230 g/mol. The molecule has 0 saturated heterocycles. The fourth-order valence-corrected chi connectivity index (χ4v) is 1.51. The van der Waals surface area contributed by atoms with Crippen molar-refractivity contribution < 1.29 is 10.0 Å². The predicted octanol–water partition coefficient (Wildman–Crippen LogP) is 1.40. The first kappa shape index (κ1) is 11.0. The molecule has 0 saturated carbocycles. The molecular formula is C11H10N4O2. The maximum Gasteiger partial charge on any atom is 0.222 e. The molecule has 0 atom stereocenters. The third-order valence-corrected chi connectivity index (χ3v) is 2.19. The predicted molar refractivity (Wildman–Crippen MR) is 63.2 cm³/mol. The van der Waals surface area contributed by atoms with Crippen molar-refractivity contribution in [3.05, 3.63) is 30.0 Å². The fourth-order valence-electron chi connectivity index (χ4n) is 1.51. The van der Waals surface area contributed by atoms with Crippen LogP contribution in [0.25, 0.3) is 10.8 Å². The van der Waals surface area contributed by atoms with Crippen LogP contribution in [0.4, 0.5) is 5.82 Å². The largest absolute Gasteiger partial charge is 0.411 e. The van der Waals surface area contributed by atoms with Crippen LogP contribution in [0.1, 0.15) is 12.5 Å². The lowest BCUT2D eigenvalue weighted by Crippen LogP contribution is -2.08. The van der Waals surface area contributed by atoms with Gasteiger partial charge in [-0.05, 0) is 17.7 Å². The molecule has 0 radical (unpaired) electrons. The molecule has 1 heterocycles. The van der Waals surface area contributed by atoms with Crippen LogP contribution in [0.15, 0.2) is 29.6 Å². The first-order valence-corrected chi connectivity index (χ1v) is 4.91. The van der Waals surface area contributed by atoms with E-state index < -0.39 is 0 Å². The molecule has 0 aliphatic heterocycles. The Morgan fingerprint density at radius 2 is 2.35 bits per heavy atom. The number of oxime groups is 1. The highest BCUT2D eigenvalue weighted by atomic mass is 16.4. The van der Waals surface area contributed by atoms with Gasteiger partial charge in [0.05, 0.1) is 12.4 Å². The number of aromatic nitrogens is 2. The first-order chi connectivity index (χ1) is 8.20. The van der Waals surface area contributed by atoms with Crippen LogP contribution < -0.4 is 5.32 Å². The van der Waals surface area contributed by atoms with Gasteiger partial charge in [-0.25, -0.2) is 0 Å². The molecule has 0 bridgehead atoms. The normalized spacial score (nSPS) is 10.9. The van der Waals surface area contributed by atoms with Crippen LogP contribution in [-0.4, -0.2) is 27.5 Å². The lowest BCUT2D eigenvalue weighted by Gasteiger charge is -2.04. The summed E-state index contributed by atoms with van der Waals surface area (Å²) in [6.07, 6.45) is 2.90. The van der Waals surface area contributed by atoms with E-state index in [1.807, 2.05) is 0 Å². The number of hydrogen-bond acceptors (Lipinski definition) is 5. The Morgan fingerprint density at radius 3 is 3.06 bits per heavy atom. The molecule has 6 heteroatoms. The zero-order chi connectivity index (χ0) is 12.3. The maximum atomic E-state index is 11.0. The van der Waals surface area contributed by atoms with E-state index in [9.17, 15) is 4.79 Å². The Balaban J connectivity index is 2.54. The molecular weight excluding hydrogens is 220 g/mol. The second-order valence-corrected chi connectivity index (χ2v) is 3.47. The minimum absolute atomic E-state index is 0.201. The van der Waals surface area contributed by atoms with Crippen LogP contribution in [-0.2, 0) is 4.79 Å². The van der Waals surface area contributed by atoms with E-state index in [1.54, 1.807) is 24.4 Å². The number of nitrogens with one attached hydrogen (secondary N) is 1. The second-order valence-electron chi connectivity index (χ2n) is 3.47. The molecule has 2 rings (SSSR count). The number of fused-ring (bicyclic) bond motifs is 1. The second kappa shape index (κ2) is 4.56. The summed E-state index contributed by atoms with van der Waals surface area (Å²) in [4.78, 5) is 11.0. The summed E-state index contributed by atoms with van der Waals surface area (Å²) in [7, 11) is 0. The number of hydrogen-bond donors (Lipinski definition) is 2. The number of anilines is 1. The Bertz CT molecular complexity index is 595. The number of carbonyl (C=O) groups is 1. The lowest BCUT2D eigenvalue weighted by molar-refractivity contribution is -0.114. The third-order valence-electron chi connectivity index (χ3n) is 2.19. The van der Waals surface area contributed by atoms with E-state index in [-0.39, 0.29) is 5.91 Å². The summed E-state index contributed by atoms with van der Waals surface area (Å²) in [5.41, 5.74) is 0.738. The number of amides is 1. The summed E-state index contributed by atoms with van der Waals surface area (Å²) < 4.78 is 0. The summed E-state index contributed by atoms with van der Waals surface area (Å²) >= 11 is 0. The van der Waals surface area contributed by atoms with Gasteiger partial charge in [-0.15, -0.1) is 5.10 Å². The molecule has 0 fully saturated rings. The van der Waals surface area contributed by atoms with Gasteiger partial charge in [-0.3, -0.25) is 4.79 Å². The SMILES string of the molecule is CC(=O)Nc1nncc2cc(/C=N/O)ccc12. The topological polar surface area (TPSA) is 87.5 Å². The van der Waals surface area contributed by atoms with E-state index in [0.717, 1.165) is 16.3 Å². The summed E-state index contributed by atoms with van der Waals surface area (Å²) in [5, 5.41) is 23.2. The number of nitrogens with zero attached hydrogens (tertiary/aromatic N) is 3. The van der Waals surface area contributed by atoms with Crippen LogP contribution >= 0.6 is 0 Å². The number of carbonyl (C=O) groups excluding carboxylic acids is 1. The van der Waals surface area contributed by atoms with Crippen molar-refractivity contribution in [2.75, 3.05) is 5.32 Å². The summed E-state index contributed by atoms with van der Waals surface area (Å²) in [6.45, 7) is 1.41. The summed E-state index contributed by atoms with van der Waals surface area (Å²) in [5.74, 6) is 0.218. The fraction of sp³-hybridized carbons (Fsp3) is 0.0909. The van der Waals surface area contributed by atoms with Crippen LogP contribution in [0.3, 0.4) is 0 Å². The molecule has 17 heavy (non-hydrogen) atoms. The van der Waals surface area contributed by atoms with Crippen LogP contribution in [0, 0.1) is 0 Å². The van der Waals surface area contributed by atoms with Crippen LogP contribution in [0.5, 0.6) is 0 Å². The van der Waals surface area contributed by atoms with Gasteiger partial charge in [0.2, 0.25) is 5.91 Å². The van der Waals surface area contributed by atoms with Crippen molar-refractivity contribution in [1.29, 1.82) is 0 Å². The van der Waals surface area contributed by atoms with Crippen molar-refractivity contribution in [2.24, 2.45) is 5.16 Å². The molecule has 0 aliphatic carbocycles. The van der Waals surface area contributed by atoms with Gasteiger partial charge in [0.1, 0.15) is 0 Å². The molecule has 1 aromatic carbocycles. The highest BCUT2D eigenvalue weighted by Crippen LogP contribution is 2.20. The van der Waals surface area contributed by atoms with Gasteiger partial charge in [-0.2, -0.15) is 5.10 Å². The van der Waals surface area contributed by atoms with Crippen molar-refractivity contribution in [3.63, 3.8) is 0 Å². The zero-order valence-electron chi connectivity index (χ0n) is 9.08. The Kier molecular flexibility index (Phi) is 2.95. The molecule has 6 nitrogen and oxygen atoms in total. The Hall–Kier alpha value is -2.50. The maximum absolute atomic E-state index is 11.0. The minimum atomic E-state index is -0.201. The smallest absolute Gasteiger partial charge is 0.222 e. The standard InChI is InChI=1S/C11H10N4O2/c1-7(16)14-11-10-3-2-8(5-13-17)4-9(10)6-12-15-11/h2-6,17H,1H3,(H,14,15,16)/b13-5+. The number of rotatable bonds is 2. The van der Waals surface area contributed by atoms with Gasteiger partial charge < -0.3 is 10.5 Å². The molecule has 0 unspecified atom stereocenters. The van der Waals surface area contributed by atoms with Gasteiger partial charge >= 0.3 is 0 Å². The Morgan fingerprint density at radius 1 is 1.53 bits per heavy atom. The molecule has 2 N–H and O–H groups in total. The van der Waals surface area contributed by atoms with Gasteiger partial charge in [-0.1, -0.05) is 11.2 Å². The van der Waals surface area contributed by atoms with E-state index in [1.165, 1.54) is 13.1 Å². The van der Waals surface area contributed by atoms with Crippen LogP contribution in [0.2, 0.25) is 0 Å². The van der Waals surface area contributed by atoms with Gasteiger partial charge in [0.25, 0.3) is 0 Å². The summed E-state index contributed by atoms with van der Waals surface area (Å²) in [6, 6.07) is 5.33. The first-order valence-electron chi connectivity index (χ1n) is 4.91. The molecule has 2 aromatic rings. The molecule has 0 aliphatic rings. The van der Waals surface area contributed by atoms with Crippen molar-refractivity contribution in [1.82, 2.24) is 10.2 Å². The van der Waals surface area contributed by atoms with E-state index >= 15 is 0 Å². The quantitative estimate of drug-likeness (QED) is 0.463. The van der Waals surface area contributed by atoms with Crippen molar-refractivity contribution >= 4 is 28.7 Å². The highest BCUT2D eigenvalue weighted by molar-refractivity contribution is 6.00. The third kappa shape index (κ3) is 2.36.